The van der Waals surface area contributed by atoms with Crippen molar-refractivity contribution in [3.63, 3.8) is 0 Å². The summed E-state index contributed by atoms with van der Waals surface area (Å²) in [6.07, 6.45) is 1.31. The van der Waals surface area contributed by atoms with E-state index in [0.717, 1.165) is 0 Å². The van der Waals surface area contributed by atoms with Crippen LogP contribution >= 0.6 is 11.6 Å². The molecular formula is C23H18ClN3O5. The Hall–Kier alpha value is -4.17. The minimum Gasteiger partial charge on any atom is -0.496 e. The lowest BCUT2D eigenvalue weighted by Gasteiger charge is -2.08. The zero-order valence-corrected chi connectivity index (χ0v) is 17.6. The van der Waals surface area contributed by atoms with Crippen LogP contribution in [-0.2, 0) is 9.59 Å². The summed E-state index contributed by atoms with van der Waals surface area (Å²) in [4.78, 5) is 36.2. The SMILES string of the molecule is COc1ccccc1C(=O)Oc1cccc(C=NNC(=O)C(=O)Nc2cccc(Cl)c2)c1. The van der Waals surface area contributed by atoms with Crippen molar-refractivity contribution >= 4 is 41.3 Å². The highest BCUT2D eigenvalue weighted by atomic mass is 35.5. The summed E-state index contributed by atoms with van der Waals surface area (Å²) in [6.45, 7) is 0. The first-order valence-electron chi connectivity index (χ1n) is 9.31. The van der Waals surface area contributed by atoms with E-state index < -0.39 is 17.8 Å². The van der Waals surface area contributed by atoms with Gasteiger partial charge in [-0.25, -0.2) is 10.2 Å². The molecule has 2 amide bonds. The van der Waals surface area contributed by atoms with E-state index in [4.69, 9.17) is 21.1 Å². The number of halogens is 1. The molecule has 0 aromatic heterocycles. The van der Waals surface area contributed by atoms with Gasteiger partial charge in [0.15, 0.2) is 0 Å². The van der Waals surface area contributed by atoms with Crippen molar-refractivity contribution in [2.24, 2.45) is 5.10 Å². The number of para-hydroxylation sites is 1. The lowest BCUT2D eigenvalue weighted by molar-refractivity contribution is -0.136. The molecule has 0 heterocycles. The Morgan fingerprint density at radius 2 is 1.72 bits per heavy atom. The highest BCUT2D eigenvalue weighted by molar-refractivity contribution is 6.39. The molecule has 3 rings (SSSR count). The van der Waals surface area contributed by atoms with Crippen LogP contribution in [0.5, 0.6) is 11.5 Å². The molecule has 0 unspecified atom stereocenters. The van der Waals surface area contributed by atoms with E-state index in [1.54, 1.807) is 66.7 Å². The van der Waals surface area contributed by atoms with Gasteiger partial charge in [-0.1, -0.05) is 41.9 Å². The zero-order valence-electron chi connectivity index (χ0n) is 16.9. The number of nitrogens with one attached hydrogen (secondary N) is 2. The third-order valence-electron chi connectivity index (χ3n) is 4.06. The summed E-state index contributed by atoms with van der Waals surface area (Å²) >= 11 is 5.84. The van der Waals surface area contributed by atoms with Crippen molar-refractivity contribution < 1.29 is 23.9 Å². The van der Waals surface area contributed by atoms with Crippen LogP contribution in [0.3, 0.4) is 0 Å². The minimum absolute atomic E-state index is 0.273. The molecule has 0 aliphatic rings. The van der Waals surface area contributed by atoms with E-state index in [1.165, 1.54) is 19.4 Å². The summed E-state index contributed by atoms with van der Waals surface area (Å²) in [7, 11) is 1.47. The first kappa shape index (κ1) is 22.5. The Balaban J connectivity index is 1.58. The topological polar surface area (TPSA) is 106 Å². The van der Waals surface area contributed by atoms with E-state index >= 15 is 0 Å². The molecule has 0 aliphatic carbocycles. The van der Waals surface area contributed by atoms with Crippen LogP contribution in [0.25, 0.3) is 0 Å². The molecule has 0 saturated carbocycles. The average Bonchev–Trinajstić information content (AvgIpc) is 2.79. The van der Waals surface area contributed by atoms with Crippen molar-refractivity contribution in [2.75, 3.05) is 12.4 Å². The predicted octanol–water partition coefficient (Wildman–Crippen LogP) is 3.66. The average molecular weight is 452 g/mol. The molecule has 3 aromatic rings. The number of carbonyl (C=O) groups is 3. The molecule has 0 aliphatic heterocycles. The number of hydrazone groups is 1. The number of carbonyl (C=O) groups excluding carboxylic acids is 3. The van der Waals surface area contributed by atoms with Crippen LogP contribution in [0.15, 0.2) is 77.9 Å². The fourth-order valence-electron chi connectivity index (χ4n) is 2.60. The quantitative estimate of drug-likeness (QED) is 0.195. The molecule has 0 fully saturated rings. The van der Waals surface area contributed by atoms with Gasteiger partial charge in [0.2, 0.25) is 0 Å². The first-order valence-corrected chi connectivity index (χ1v) is 9.69. The fraction of sp³-hybridized carbons (Fsp3) is 0.0435. The second kappa shape index (κ2) is 10.7. The molecule has 0 saturated heterocycles. The summed E-state index contributed by atoms with van der Waals surface area (Å²) in [6, 6.07) is 19.6. The minimum atomic E-state index is -0.958. The number of hydrogen-bond acceptors (Lipinski definition) is 6. The number of ether oxygens (including phenoxy) is 2. The van der Waals surface area contributed by atoms with Crippen molar-refractivity contribution in [3.05, 3.63) is 88.9 Å². The van der Waals surface area contributed by atoms with Gasteiger partial charge in [-0.2, -0.15) is 5.10 Å². The van der Waals surface area contributed by atoms with Crippen LogP contribution in [0.1, 0.15) is 15.9 Å². The van der Waals surface area contributed by atoms with Gasteiger partial charge in [-0.15, -0.1) is 0 Å². The zero-order chi connectivity index (χ0) is 22.9. The molecule has 162 valence electrons. The van der Waals surface area contributed by atoms with Gasteiger partial charge in [-0.05, 0) is 48.0 Å². The number of rotatable bonds is 6. The number of anilines is 1. The Morgan fingerprint density at radius 3 is 2.50 bits per heavy atom. The maximum absolute atomic E-state index is 12.4. The summed E-state index contributed by atoms with van der Waals surface area (Å²) < 4.78 is 10.5. The molecule has 32 heavy (non-hydrogen) atoms. The third kappa shape index (κ3) is 6.16. The summed E-state index contributed by atoms with van der Waals surface area (Å²) in [5.74, 6) is -1.77. The highest BCUT2D eigenvalue weighted by Crippen LogP contribution is 2.21. The van der Waals surface area contributed by atoms with Gasteiger partial charge in [-0.3, -0.25) is 9.59 Å². The first-order chi connectivity index (χ1) is 15.5. The van der Waals surface area contributed by atoms with Gasteiger partial charge in [0.25, 0.3) is 0 Å². The Morgan fingerprint density at radius 1 is 0.938 bits per heavy atom. The predicted molar refractivity (Wildman–Crippen MR) is 120 cm³/mol. The summed E-state index contributed by atoms with van der Waals surface area (Å²) in [5, 5.41) is 6.59. The molecule has 2 N–H and O–H groups in total. The third-order valence-corrected chi connectivity index (χ3v) is 4.30. The molecule has 0 bridgehead atoms. The lowest BCUT2D eigenvalue weighted by atomic mass is 10.2. The maximum atomic E-state index is 12.4. The van der Waals surface area contributed by atoms with Crippen molar-refractivity contribution in [1.29, 1.82) is 0 Å². The van der Waals surface area contributed by atoms with Crippen molar-refractivity contribution in [1.82, 2.24) is 5.43 Å². The Kier molecular flexibility index (Phi) is 7.55. The fourth-order valence-corrected chi connectivity index (χ4v) is 2.79. The molecule has 8 nitrogen and oxygen atoms in total. The smallest absolute Gasteiger partial charge is 0.347 e. The van der Waals surface area contributed by atoms with Crippen LogP contribution in [0.4, 0.5) is 5.69 Å². The lowest BCUT2D eigenvalue weighted by Crippen LogP contribution is -2.32. The second-order valence-electron chi connectivity index (χ2n) is 6.33. The van der Waals surface area contributed by atoms with E-state index in [-0.39, 0.29) is 11.3 Å². The van der Waals surface area contributed by atoms with E-state index in [0.29, 0.717) is 22.0 Å². The molecule has 9 heteroatoms. The van der Waals surface area contributed by atoms with Gasteiger partial charge in [0, 0.05) is 10.7 Å². The largest absolute Gasteiger partial charge is 0.496 e. The number of nitrogens with zero attached hydrogens (tertiary/aromatic N) is 1. The molecule has 0 radical (unpaired) electrons. The Bertz CT molecular complexity index is 1180. The van der Waals surface area contributed by atoms with Crippen LogP contribution in [0, 0.1) is 0 Å². The van der Waals surface area contributed by atoms with Gasteiger partial charge in [0.05, 0.1) is 13.3 Å². The van der Waals surface area contributed by atoms with E-state index in [2.05, 4.69) is 15.8 Å². The molecule has 0 atom stereocenters. The number of benzene rings is 3. The second-order valence-corrected chi connectivity index (χ2v) is 6.76. The number of methoxy groups -OCH3 is 1. The number of esters is 1. The van der Waals surface area contributed by atoms with E-state index in [1.807, 2.05) is 0 Å². The molecule has 0 spiro atoms. The molecule has 3 aromatic carbocycles. The highest BCUT2D eigenvalue weighted by Gasteiger charge is 2.14. The molecular weight excluding hydrogens is 434 g/mol. The van der Waals surface area contributed by atoms with Gasteiger partial charge >= 0.3 is 17.8 Å². The van der Waals surface area contributed by atoms with Crippen LogP contribution < -0.4 is 20.2 Å². The van der Waals surface area contributed by atoms with Gasteiger partial charge in [0.1, 0.15) is 17.1 Å². The van der Waals surface area contributed by atoms with Crippen molar-refractivity contribution in [3.8, 4) is 11.5 Å². The monoisotopic (exact) mass is 451 g/mol. The van der Waals surface area contributed by atoms with Crippen molar-refractivity contribution in [2.45, 2.75) is 0 Å². The van der Waals surface area contributed by atoms with E-state index in [9.17, 15) is 14.4 Å². The standard InChI is InChI=1S/C23H18ClN3O5/c1-31-20-11-3-2-10-19(20)23(30)32-18-9-4-6-15(12-18)14-25-27-22(29)21(28)26-17-8-5-7-16(24)13-17/h2-14H,1H3,(H,26,28)(H,27,29). The maximum Gasteiger partial charge on any atom is 0.347 e. The number of amides is 2. The van der Waals surface area contributed by atoms with Crippen LogP contribution in [-0.4, -0.2) is 31.1 Å². The Labute approximate surface area is 188 Å². The van der Waals surface area contributed by atoms with Crippen LogP contribution in [0.2, 0.25) is 5.02 Å². The van der Waals surface area contributed by atoms with Gasteiger partial charge < -0.3 is 14.8 Å². The summed E-state index contributed by atoms with van der Waals surface area (Å²) in [5.41, 5.74) is 3.33. The normalized spacial score (nSPS) is 10.4. The number of hydrogen-bond donors (Lipinski definition) is 2.